The lowest BCUT2D eigenvalue weighted by Gasteiger charge is -1.70. The third kappa shape index (κ3) is 5500. The molecule has 0 heterocycles. The minimum Gasteiger partial charge on any atom is -0.394 e. The summed E-state index contributed by atoms with van der Waals surface area (Å²) in [5, 5.41) is 15.2. The van der Waals surface area contributed by atoms with Crippen LogP contribution in [-0.2, 0) is 0 Å². The smallest absolute Gasteiger partial charge is 0.0662 e. The summed E-state index contributed by atoms with van der Waals surface area (Å²) in [6.45, 7) is 25.1. The summed E-state index contributed by atoms with van der Waals surface area (Å²) < 4.78 is 0. The van der Waals surface area contributed by atoms with Crippen molar-refractivity contribution in [2.45, 2.75) is 54.4 Å². The van der Waals surface area contributed by atoms with E-state index in [0.717, 1.165) is 0 Å². The van der Waals surface area contributed by atoms with Crippen molar-refractivity contribution in [3.8, 4) is 0 Å². The monoisotopic (exact) mass is 288 g/mol. The third-order valence-electron chi connectivity index (χ3n) is 0.600. The molecule has 0 atom stereocenters. The van der Waals surface area contributed by atoms with Crippen LogP contribution >= 0.6 is 0 Å². The number of hydrogen-bond acceptors (Lipinski definition) is 2. The molecule has 0 rings (SSSR count). The molecule has 20 heavy (non-hydrogen) atoms. The number of rotatable bonds is 2. The van der Waals surface area contributed by atoms with E-state index in [2.05, 4.69) is 40.2 Å². The lowest BCUT2D eigenvalue weighted by atomic mass is 10.4. The van der Waals surface area contributed by atoms with E-state index >= 15 is 0 Å². The van der Waals surface area contributed by atoms with E-state index in [0.29, 0.717) is 0 Å². The molecular formula is C18H40O2. The van der Waals surface area contributed by atoms with E-state index in [9.17, 15) is 0 Å². The van der Waals surface area contributed by atoms with Gasteiger partial charge < -0.3 is 10.2 Å². The van der Waals surface area contributed by atoms with Crippen molar-refractivity contribution < 1.29 is 10.2 Å². The SMILES string of the molecule is C=CC.C=CC.C=CC.C=CC.CCCC.OCCO. The van der Waals surface area contributed by atoms with Crippen LogP contribution in [0.3, 0.4) is 0 Å². The van der Waals surface area contributed by atoms with Crippen molar-refractivity contribution >= 4 is 0 Å². The zero-order valence-electron chi connectivity index (χ0n) is 14.9. The second kappa shape index (κ2) is 108. The molecule has 0 aliphatic carbocycles. The molecule has 0 aromatic carbocycles. The van der Waals surface area contributed by atoms with Gasteiger partial charge in [0, 0.05) is 0 Å². The van der Waals surface area contributed by atoms with Gasteiger partial charge in [-0.15, -0.1) is 26.3 Å². The van der Waals surface area contributed by atoms with E-state index < -0.39 is 0 Å². The van der Waals surface area contributed by atoms with Gasteiger partial charge in [-0.25, -0.2) is 0 Å². The fraction of sp³-hybridized carbons (Fsp3) is 0.556. The van der Waals surface area contributed by atoms with Crippen LogP contribution in [-0.4, -0.2) is 23.4 Å². The zero-order chi connectivity index (χ0) is 17.7. The average molecular weight is 289 g/mol. The first-order valence-corrected chi connectivity index (χ1v) is 6.99. The Balaban J connectivity index is -0.0000000296. The molecule has 0 saturated carbocycles. The van der Waals surface area contributed by atoms with Gasteiger partial charge in [-0.05, 0) is 27.7 Å². The minimum absolute atomic E-state index is 0.125. The van der Waals surface area contributed by atoms with E-state index in [1.54, 1.807) is 24.3 Å². The predicted octanol–water partition coefficient (Wildman–Crippen LogP) is 5.55. The van der Waals surface area contributed by atoms with Gasteiger partial charge in [-0.2, -0.15) is 0 Å². The molecular weight excluding hydrogens is 248 g/mol. The van der Waals surface area contributed by atoms with E-state index in [-0.39, 0.29) is 13.2 Å². The first-order valence-electron chi connectivity index (χ1n) is 6.99. The second-order valence-electron chi connectivity index (χ2n) is 3.08. The van der Waals surface area contributed by atoms with Crippen LogP contribution in [0.1, 0.15) is 54.4 Å². The second-order valence-corrected chi connectivity index (χ2v) is 3.08. The fourth-order valence-electron chi connectivity index (χ4n) is 0. The van der Waals surface area contributed by atoms with Gasteiger partial charge in [0.05, 0.1) is 13.2 Å². The molecule has 0 unspecified atom stereocenters. The molecule has 0 radical (unpaired) electrons. The molecule has 0 aliphatic rings. The zero-order valence-corrected chi connectivity index (χ0v) is 14.9. The van der Waals surface area contributed by atoms with Crippen LogP contribution in [0.25, 0.3) is 0 Å². The van der Waals surface area contributed by atoms with Crippen LogP contribution < -0.4 is 0 Å². The highest BCUT2D eigenvalue weighted by molar-refractivity contribution is 4.52. The number of aliphatic hydroxyl groups excluding tert-OH is 2. The minimum atomic E-state index is -0.125. The van der Waals surface area contributed by atoms with Crippen molar-refractivity contribution in [3.05, 3.63) is 50.6 Å². The summed E-state index contributed by atoms with van der Waals surface area (Å²) in [6.07, 6.45) is 9.64. The Hall–Kier alpha value is -1.12. The highest BCUT2D eigenvalue weighted by atomic mass is 16.3. The van der Waals surface area contributed by atoms with E-state index in [1.807, 2.05) is 27.7 Å². The van der Waals surface area contributed by atoms with Crippen molar-refractivity contribution in [3.63, 3.8) is 0 Å². The standard InChI is InChI=1S/C4H10.4C3H6.C2H6O2/c1-3-4-2;4*1-3-2;3-1-2-4/h3-4H2,1-2H3;4*3H,1H2,2H3;3-4H,1-2H2. The van der Waals surface area contributed by atoms with E-state index in [1.165, 1.54) is 12.8 Å². The first kappa shape index (κ1) is 36.4. The van der Waals surface area contributed by atoms with Crippen LogP contribution in [0.2, 0.25) is 0 Å². The largest absolute Gasteiger partial charge is 0.394 e. The molecule has 0 bridgehead atoms. The summed E-state index contributed by atoms with van der Waals surface area (Å²) in [5.74, 6) is 0. The Morgan fingerprint density at radius 2 is 0.700 bits per heavy atom. The molecule has 0 aromatic heterocycles. The molecule has 0 aliphatic heterocycles. The Labute approximate surface area is 129 Å². The van der Waals surface area contributed by atoms with Crippen LogP contribution in [0, 0.1) is 0 Å². The molecule has 0 aromatic rings. The maximum atomic E-state index is 7.62. The highest BCUT2D eigenvalue weighted by Crippen LogP contribution is 1.76. The number of unbranched alkanes of at least 4 members (excludes halogenated alkanes) is 1. The predicted molar refractivity (Wildman–Crippen MR) is 98.2 cm³/mol. The van der Waals surface area contributed by atoms with Crippen LogP contribution in [0.5, 0.6) is 0 Å². The molecule has 0 fully saturated rings. The van der Waals surface area contributed by atoms with Crippen molar-refractivity contribution in [2.75, 3.05) is 13.2 Å². The summed E-state index contributed by atoms with van der Waals surface area (Å²) >= 11 is 0. The molecule has 0 saturated heterocycles. The lowest BCUT2D eigenvalue weighted by molar-refractivity contribution is 0.186. The molecule has 0 spiro atoms. The Bertz CT molecular complexity index is 97.4. The maximum Gasteiger partial charge on any atom is 0.0662 e. The Kier molecular flexibility index (Phi) is 196. The molecule has 0 amide bonds. The third-order valence-corrected chi connectivity index (χ3v) is 0.600. The summed E-state index contributed by atoms with van der Waals surface area (Å²) in [7, 11) is 0. The molecule has 2 nitrogen and oxygen atoms in total. The highest BCUT2D eigenvalue weighted by Gasteiger charge is 1.58. The fourth-order valence-corrected chi connectivity index (χ4v) is 0. The van der Waals surface area contributed by atoms with Gasteiger partial charge in [-0.3, -0.25) is 0 Å². The summed E-state index contributed by atoms with van der Waals surface area (Å²) in [5.41, 5.74) is 0. The van der Waals surface area contributed by atoms with Gasteiger partial charge in [0.2, 0.25) is 0 Å². The summed E-state index contributed by atoms with van der Waals surface area (Å²) in [4.78, 5) is 0. The molecule has 2 N–H and O–H groups in total. The van der Waals surface area contributed by atoms with Gasteiger partial charge in [0.25, 0.3) is 0 Å². The van der Waals surface area contributed by atoms with Crippen molar-refractivity contribution in [1.82, 2.24) is 0 Å². The topological polar surface area (TPSA) is 40.5 Å². The van der Waals surface area contributed by atoms with Gasteiger partial charge >= 0.3 is 0 Å². The Morgan fingerprint density at radius 3 is 0.700 bits per heavy atom. The average Bonchev–Trinajstić information content (AvgIpc) is 2.42. The Morgan fingerprint density at radius 1 is 0.600 bits per heavy atom. The van der Waals surface area contributed by atoms with Gasteiger partial charge in [0.1, 0.15) is 0 Å². The molecule has 124 valence electrons. The van der Waals surface area contributed by atoms with Crippen LogP contribution in [0.4, 0.5) is 0 Å². The molecule has 2 heteroatoms. The number of allylic oxidation sites excluding steroid dienone is 4. The number of hydrogen-bond donors (Lipinski definition) is 2. The van der Waals surface area contributed by atoms with Crippen molar-refractivity contribution in [1.29, 1.82) is 0 Å². The number of aliphatic hydroxyl groups is 2. The normalized spacial score (nSPS) is 5.60. The lowest BCUT2D eigenvalue weighted by Crippen LogP contribution is -1.85. The van der Waals surface area contributed by atoms with Gasteiger partial charge in [-0.1, -0.05) is 51.0 Å². The van der Waals surface area contributed by atoms with Gasteiger partial charge in [0.15, 0.2) is 0 Å². The van der Waals surface area contributed by atoms with E-state index in [4.69, 9.17) is 10.2 Å². The van der Waals surface area contributed by atoms with Crippen LogP contribution in [0.15, 0.2) is 50.6 Å². The van der Waals surface area contributed by atoms with Crippen molar-refractivity contribution in [2.24, 2.45) is 0 Å². The first-order chi connectivity index (χ1) is 9.49. The summed E-state index contributed by atoms with van der Waals surface area (Å²) in [6, 6.07) is 0. The quantitative estimate of drug-likeness (QED) is 0.654. The maximum absolute atomic E-state index is 7.62.